The molecule has 1 aliphatic heterocycles. The Labute approximate surface area is 178 Å². The first-order valence-electron chi connectivity index (χ1n) is 9.64. The first-order valence-corrected chi connectivity index (χ1v) is 10.0. The van der Waals surface area contributed by atoms with Crippen molar-refractivity contribution in [3.05, 3.63) is 51.4 Å². The van der Waals surface area contributed by atoms with Crippen molar-refractivity contribution in [2.45, 2.75) is 18.4 Å². The zero-order valence-corrected chi connectivity index (χ0v) is 17.8. The monoisotopic (exact) mass is 430 g/mol. The van der Waals surface area contributed by atoms with Crippen LogP contribution in [-0.4, -0.2) is 55.5 Å². The van der Waals surface area contributed by atoms with Crippen molar-refractivity contribution in [1.29, 1.82) is 0 Å². The minimum atomic E-state index is -0.634. The summed E-state index contributed by atoms with van der Waals surface area (Å²) in [5, 5.41) is 11.4. The van der Waals surface area contributed by atoms with Crippen molar-refractivity contribution < 1.29 is 19.0 Å². The summed E-state index contributed by atoms with van der Waals surface area (Å²) in [6, 6.07) is 6.52. The molecule has 3 aromatic rings. The number of methoxy groups -OCH3 is 2. The smallest absolute Gasteiger partial charge is 0.197 e. The Morgan fingerprint density at radius 3 is 2.70 bits per heavy atom. The molecule has 0 aliphatic carbocycles. The van der Waals surface area contributed by atoms with E-state index in [1.807, 2.05) is 7.05 Å². The van der Waals surface area contributed by atoms with Crippen molar-refractivity contribution in [2.24, 2.45) is 0 Å². The van der Waals surface area contributed by atoms with E-state index in [0.717, 1.165) is 6.54 Å². The van der Waals surface area contributed by atoms with Gasteiger partial charge in [-0.3, -0.25) is 4.79 Å². The van der Waals surface area contributed by atoms with Crippen LogP contribution in [0, 0.1) is 0 Å². The minimum Gasteiger partial charge on any atom is -0.496 e. The minimum absolute atomic E-state index is 0.232. The molecule has 1 saturated heterocycles. The molecule has 158 valence electrons. The third-order valence-corrected chi connectivity index (χ3v) is 5.89. The lowest BCUT2D eigenvalue weighted by molar-refractivity contribution is 0.0630. The lowest BCUT2D eigenvalue weighted by Crippen LogP contribution is -2.40. The van der Waals surface area contributed by atoms with Gasteiger partial charge in [0.1, 0.15) is 33.4 Å². The second-order valence-electron chi connectivity index (χ2n) is 7.44. The molecule has 0 saturated carbocycles. The van der Waals surface area contributed by atoms with E-state index in [9.17, 15) is 9.90 Å². The summed E-state index contributed by atoms with van der Waals surface area (Å²) in [5.41, 5.74) is 1.24. The van der Waals surface area contributed by atoms with Crippen molar-refractivity contribution in [3.8, 4) is 22.8 Å². The number of aliphatic hydroxyl groups excluding tert-OH is 1. The molecule has 1 aliphatic rings. The Balaban J connectivity index is 2.04. The van der Waals surface area contributed by atoms with E-state index in [-0.39, 0.29) is 16.5 Å². The molecule has 30 heavy (non-hydrogen) atoms. The van der Waals surface area contributed by atoms with Gasteiger partial charge in [0.15, 0.2) is 5.43 Å². The number of piperidine rings is 1. The Hall–Kier alpha value is -2.61. The summed E-state index contributed by atoms with van der Waals surface area (Å²) >= 11 is 6.24. The molecule has 7 nitrogen and oxygen atoms in total. The van der Waals surface area contributed by atoms with Gasteiger partial charge in [0.25, 0.3) is 0 Å². The largest absolute Gasteiger partial charge is 0.496 e. The number of benzene rings is 1. The number of likely N-dealkylation sites (tertiary alicyclic amines) is 1. The third-order valence-electron chi connectivity index (χ3n) is 5.59. The molecule has 1 aromatic carbocycles. The highest BCUT2D eigenvalue weighted by molar-refractivity contribution is 6.31. The van der Waals surface area contributed by atoms with Gasteiger partial charge in [-0.15, -0.1) is 0 Å². The zero-order valence-electron chi connectivity index (χ0n) is 17.0. The van der Waals surface area contributed by atoms with Gasteiger partial charge in [-0.2, -0.15) is 0 Å². The van der Waals surface area contributed by atoms with Crippen LogP contribution in [0.4, 0.5) is 0 Å². The SMILES string of the molecule is COc1cc(OC)c2c(=O)cc(-c3cccnc3Cl)oc2c1[C@H]1CCN(C)C[C@H]1O. The lowest BCUT2D eigenvalue weighted by Gasteiger charge is -2.34. The highest BCUT2D eigenvalue weighted by atomic mass is 35.5. The fourth-order valence-corrected chi connectivity index (χ4v) is 4.32. The predicted octanol–water partition coefficient (Wildman–Crippen LogP) is 3.31. The summed E-state index contributed by atoms with van der Waals surface area (Å²) in [5.74, 6) is 0.896. The summed E-state index contributed by atoms with van der Waals surface area (Å²) in [6.07, 6.45) is 1.62. The molecule has 8 heteroatoms. The molecule has 2 aromatic heterocycles. The predicted molar refractivity (Wildman–Crippen MR) is 115 cm³/mol. The standard InChI is InChI=1S/C22H23ClN2O5/c1-25-8-6-12(15(27)11-25)19-17(28-2)10-18(29-3)20-14(26)9-16(30-21(19)20)13-5-4-7-24-22(13)23/h4-5,7,9-10,12,15,27H,6,8,11H2,1-3H3/t12-,15+/m0/s1. The highest BCUT2D eigenvalue weighted by Gasteiger charge is 2.33. The molecule has 1 fully saturated rings. The number of hydrogen-bond acceptors (Lipinski definition) is 7. The number of aromatic nitrogens is 1. The number of aliphatic hydroxyl groups is 1. The zero-order chi connectivity index (χ0) is 21.4. The Morgan fingerprint density at radius 2 is 2.03 bits per heavy atom. The molecule has 4 rings (SSSR count). The Kier molecular flexibility index (Phi) is 5.69. The number of rotatable bonds is 4. The molecular weight excluding hydrogens is 408 g/mol. The van der Waals surface area contributed by atoms with Crippen LogP contribution in [0.25, 0.3) is 22.3 Å². The van der Waals surface area contributed by atoms with Crippen LogP contribution in [-0.2, 0) is 0 Å². The first-order chi connectivity index (χ1) is 14.4. The van der Waals surface area contributed by atoms with Crippen molar-refractivity contribution >= 4 is 22.6 Å². The van der Waals surface area contributed by atoms with E-state index in [1.54, 1.807) is 31.5 Å². The molecule has 0 radical (unpaired) electrons. The van der Waals surface area contributed by atoms with Crippen LogP contribution >= 0.6 is 11.6 Å². The quantitative estimate of drug-likeness (QED) is 0.635. The molecule has 1 N–H and O–H groups in total. The maximum Gasteiger partial charge on any atom is 0.197 e. The van der Waals surface area contributed by atoms with E-state index >= 15 is 0 Å². The van der Waals surface area contributed by atoms with E-state index in [0.29, 0.717) is 52.3 Å². The number of fused-ring (bicyclic) bond motifs is 1. The molecule has 3 heterocycles. The number of likely N-dealkylation sites (N-methyl/N-ethyl adjacent to an activating group) is 1. The molecule has 0 amide bonds. The molecular formula is C22H23ClN2O5. The topological polar surface area (TPSA) is 85.0 Å². The number of nitrogens with zero attached hydrogens (tertiary/aromatic N) is 2. The number of ether oxygens (including phenoxy) is 2. The van der Waals surface area contributed by atoms with Crippen LogP contribution < -0.4 is 14.9 Å². The summed E-state index contributed by atoms with van der Waals surface area (Å²) < 4.78 is 17.3. The maximum atomic E-state index is 13.1. The Bertz CT molecular complexity index is 1150. The molecule has 2 atom stereocenters. The van der Waals surface area contributed by atoms with Crippen molar-refractivity contribution in [3.63, 3.8) is 0 Å². The van der Waals surface area contributed by atoms with Crippen molar-refractivity contribution in [1.82, 2.24) is 9.88 Å². The fraction of sp³-hybridized carbons (Fsp3) is 0.364. The first kappa shape index (κ1) is 20.7. The molecule has 0 spiro atoms. The normalized spacial score (nSPS) is 19.8. The van der Waals surface area contributed by atoms with Crippen molar-refractivity contribution in [2.75, 3.05) is 34.4 Å². The van der Waals surface area contributed by atoms with Gasteiger partial charge in [0.05, 0.1) is 25.9 Å². The van der Waals surface area contributed by atoms with Gasteiger partial charge in [0, 0.05) is 36.4 Å². The van der Waals surface area contributed by atoms with E-state index in [2.05, 4.69) is 9.88 Å². The van der Waals surface area contributed by atoms with Crippen LogP contribution in [0.1, 0.15) is 17.9 Å². The highest BCUT2D eigenvalue weighted by Crippen LogP contribution is 2.43. The second-order valence-corrected chi connectivity index (χ2v) is 7.80. The molecule has 0 bridgehead atoms. The Morgan fingerprint density at radius 1 is 1.27 bits per heavy atom. The van der Waals surface area contributed by atoms with Gasteiger partial charge >= 0.3 is 0 Å². The number of pyridine rings is 1. The summed E-state index contributed by atoms with van der Waals surface area (Å²) in [7, 11) is 5.00. The van der Waals surface area contributed by atoms with Gasteiger partial charge in [0.2, 0.25) is 0 Å². The number of β-amino-alcohol motifs (C(OH)–C–C–N with tert-alkyl or cyclic N) is 1. The van der Waals surface area contributed by atoms with Crippen LogP contribution in [0.15, 0.2) is 39.7 Å². The van der Waals surface area contributed by atoms with Gasteiger partial charge in [-0.25, -0.2) is 4.98 Å². The number of halogens is 1. The summed E-state index contributed by atoms with van der Waals surface area (Å²) in [6.45, 7) is 1.32. The van der Waals surface area contributed by atoms with E-state index in [1.165, 1.54) is 13.2 Å². The van der Waals surface area contributed by atoms with Gasteiger partial charge in [-0.05, 0) is 32.1 Å². The second kappa shape index (κ2) is 8.26. The van der Waals surface area contributed by atoms with Gasteiger partial charge in [-0.1, -0.05) is 11.6 Å². The number of hydrogen-bond donors (Lipinski definition) is 1. The molecule has 0 unspecified atom stereocenters. The fourth-order valence-electron chi connectivity index (χ4n) is 4.11. The average Bonchev–Trinajstić information content (AvgIpc) is 2.73. The van der Waals surface area contributed by atoms with Gasteiger partial charge < -0.3 is 23.9 Å². The van der Waals surface area contributed by atoms with Crippen LogP contribution in [0.5, 0.6) is 11.5 Å². The average molecular weight is 431 g/mol. The lowest BCUT2D eigenvalue weighted by atomic mass is 9.85. The van der Waals surface area contributed by atoms with Crippen LogP contribution in [0.2, 0.25) is 5.15 Å². The summed E-state index contributed by atoms with van der Waals surface area (Å²) in [4.78, 5) is 19.3. The third kappa shape index (κ3) is 3.53. The van der Waals surface area contributed by atoms with E-state index < -0.39 is 6.10 Å². The maximum absolute atomic E-state index is 13.1. The van der Waals surface area contributed by atoms with Crippen LogP contribution in [0.3, 0.4) is 0 Å². The van der Waals surface area contributed by atoms with E-state index in [4.69, 9.17) is 25.5 Å².